The van der Waals surface area contributed by atoms with Gasteiger partial charge in [-0.05, 0) is 6.92 Å². The summed E-state index contributed by atoms with van der Waals surface area (Å²) in [7, 11) is -1.24. The highest BCUT2D eigenvalue weighted by Crippen LogP contribution is 2.13. The Morgan fingerprint density at radius 3 is 2.31 bits per heavy atom. The molecule has 2 atom stereocenters. The van der Waals surface area contributed by atoms with Crippen LogP contribution in [0.3, 0.4) is 0 Å². The highest BCUT2D eigenvalue weighted by Gasteiger charge is 2.38. The number of halogens is 3. The second kappa shape index (κ2) is 4.59. The zero-order chi connectivity index (χ0) is 10.6. The van der Waals surface area contributed by atoms with E-state index >= 15 is 0 Å². The van der Waals surface area contributed by atoms with Gasteiger partial charge in [0.1, 0.15) is 0 Å². The maximum atomic E-state index is 11.6. The van der Waals surface area contributed by atoms with E-state index in [0.717, 1.165) is 0 Å². The lowest BCUT2D eigenvalue weighted by Gasteiger charge is -2.11. The Kier molecular flexibility index (Phi) is 4.38. The molecule has 0 aromatic rings. The van der Waals surface area contributed by atoms with Gasteiger partial charge < -0.3 is 5.32 Å². The highest BCUT2D eigenvalue weighted by molar-refractivity contribution is 7.84. The van der Waals surface area contributed by atoms with Crippen molar-refractivity contribution in [3.63, 3.8) is 0 Å². The molecule has 1 amide bonds. The smallest absolute Gasteiger partial charge is 0.347 e. The van der Waals surface area contributed by atoms with E-state index in [-0.39, 0.29) is 6.54 Å². The first-order chi connectivity index (χ1) is 5.75. The maximum absolute atomic E-state index is 11.6. The Labute approximate surface area is 76.1 Å². The van der Waals surface area contributed by atoms with Gasteiger partial charge in [0, 0.05) is 28.9 Å². The van der Waals surface area contributed by atoms with E-state index < -0.39 is 28.1 Å². The van der Waals surface area contributed by atoms with Crippen molar-refractivity contribution in [1.29, 1.82) is 0 Å². The lowest BCUT2D eigenvalue weighted by atomic mass is 10.4. The summed E-state index contributed by atoms with van der Waals surface area (Å²) in [6.07, 6.45) is -3.50. The van der Waals surface area contributed by atoms with Gasteiger partial charge in [0.25, 0.3) is 0 Å². The van der Waals surface area contributed by atoms with E-state index in [1.165, 1.54) is 13.2 Å². The molecular weight excluding hydrogens is 207 g/mol. The number of carbonyl (C=O) groups excluding carboxylic acids is 1. The molecule has 0 saturated heterocycles. The van der Waals surface area contributed by atoms with Gasteiger partial charge >= 0.3 is 12.1 Å². The van der Waals surface area contributed by atoms with E-state index in [1.54, 1.807) is 5.32 Å². The largest absolute Gasteiger partial charge is 0.471 e. The van der Waals surface area contributed by atoms with E-state index in [2.05, 4.69) is 0 Å². The summed E-state index contributed by atoms with van der Waals surface area (Å²) in [5.74, 6) is -2.00. The van der Waals surface area contributed by atoms with E-state index in [0.29, 0.717) is 0 Å². The molecule has 0 rings (SSSR count). The molecule has 0 spiro atoms. The van der Waals surface area contributed by atoms with Crippen LogP contribution in [0.15, 0.2) is 0 Å². The SMILES string of the molecule is CC(CNC(=O)C(F)(F)F)S(C)=O. The number of carbonyl (C=O) groups is 1. The third-order valence-corrected chi connectivity index (χ3v) is 2.67. The molecule has 7 heteroatoms. The van der Waals surface area contributed by atoms with Crippen molar-refractivity contribution in [1.82, 2.24) is 5.32 Å². The molecule has 0 fully saturated rings. The number of hydrogen-bond acceptors (Lipinski definition) is 2. The first-order valence-electron chi connectivity index (χ1n) is 3.42. The summed E-state index contributed by atoms with van der Waals surface area (Å²) >= 11 is 0. The van der Waals surface area contributed by atoms with Crippen molar-refractivity contribution in [3.05, 3.63) is 0 Å². The molecule has 0 aromatic carbocycles. The van der Waals surface area contributed by atoms with Crippen molar-refractivity contribution >= 4 is 16.7 Å². The molecule has 1 N–H and O–H groups in total. The number of rotatable bonds is 3. The number of alkyl halides is 3. The molecule has 0 aromatic heterocycles. The van der Waals surface area contributed by atoms with Crippen LogP contribution >= 0.6 is 0 Å². The minimum atomic E-state index is -4.87. The van der Waals surface area contributed by atoms with Crippen LogP contribution in [0.4, 0.5) is 13.2 Å². The van der Waals surface area contributed by atoms with E-state index in [4.69, 9.17) is 0 Å². The van der Waals surface area contributed by atoms with Crippen molar-refractivity contribution in [3.8, 4) is 0 Å². The van der Waals surface area contributed by atoms with Gasteiger partial charge in [0.2, 0.25) is 0 Å². The van der Waals surface area contributed by atoms with Gasteiger partial charge in [0.05, 0.1) is 0 Å². The van der Waals surface area contributed by atoms with Crippen molar-refractivity contribution < 1.29 is 22.2 Å². The lowest BCUT2D eigenvalue weighted by Crippen LogP contribution is -2.40. The maximum Gasteiger partial charge on any atom is 0.471 e. The van der Waals surface area contributed by atoms with Gasteiger partial charge in [0.15, 0.2) is 0 Å². The zero-order valence-electron chi connectivity index (χ0n) is 7.14. The number of nitrogens with one attached hydrogen (secondary N) is 1. The molecule has 13 heavy (non-hydrogen) atoms. The molecule has 0 bridgehead atoms. The minimum absolute atomic E-state index is 0.235. The van der Waals surface area contributed by atoms with E-state index in [1.807, 2.05) is 0 Å². The Morgan fingerprint density at radius 1 is 1.54 bits per heavy atom. The summed E-state index contributed by atoms with van der Waals surface area (Å²) in [6, 6.07) is 0. The van der Waals surface area contributed by atoms with Crippen LogP contribution in [0.1, 0.15) is 6.92 Å². The number of hydrogen-bond donors (Lipinski definition) is 1. The first kappa shape index (κ1) is 12.4. The van der Waals surface area contributed by atoms with Crippen molar-refractivity contribution in [2.45, 2.75) is 18.3 Å². The minimum Gasteiger partial charge on any atom is -0.347 e. The third kappa shape index (κ3) is 4.87. The number of amides is 1. The molecule has 2 unspecified atom stereocenters. The van der Waals surface area contributed by atoms with Crippen molar-refractivity contribution in [2.75, 3.05) is 12.8 Å². The quantitative estimate of drug-likeness (QED) is 0.745. The van der Waals surface area contributed by atoms with Crippen LogP contribution in [0.5, 0.6) is 0 Å². The van der Waals surface area contributed by atoms with Crippen molar-refractivity contribution in [2.24, 2.45) is 0 Å². The van der Waals surface area contributed by atoms with E-state index in [9.17, 15) is 22.2 Å². The molecule has 0 aliphatic carbocycles. The van der Waals surface area contributed by atoms with Crippen LogP contribution in [0, 0.1) is 0 Å². The zero-order valence-corrected chi connectivity index (χ0v) is 7.96. The average Bonchev–Trinajstić information content (AvgIpc) is 1.97. The topological polar surface area (TPSA) is 46.2 Å². The predicted molar refractivity (Wildman–Crippen MR) is 42.6 cm³/mol. The third-order valence-electron chi connectivity index (χ3n) is 1.37. The standard InChI is InChI=1S/C6H10F3NO2S/c1-4(13(2)12)3-10-5(11)6(7,8)9/h4H,3H2,1-2H3,(H,10,11). The van der Waals surface area contributed by atoms with Crippen LogP contribution in [-0.4, -0.2) is 34.3 Å². The van der Waals surface area contributed by atoms with Crippen LogP contribution in [-0.2, 0) is 15.6 Å². The van der Waals surface area contributed by atoms with Gasteiger partial charge in [-0.1, -0.05) is 0 Å². The molecule has 3 nitrogen and oxygen atoms in total. The molecular formula is C6H10F3NO2S. The predicted octanol–water partition coefficient (Wildman–Crippen LogP) is 0.432. The Bertz CT molecular complexity index is 216. The van der Waals surface area contributed by atoms with Crippen LogP contribution < -0.4 is 5.32 Å². The fraction of sp³-hybridized carbons (Fsp3) is 0.833. The molecule has 0 aliphatic rings. The highest BCUT2D eigenvalue weighted by atomic mass is 32.2. The second-order valence-corrected chi connectivity index (χ2v) is 4.32. The second-order valence-electron chi connectivity index (χ2n) is 2.52. The molecule has 0 heterocycles. The summed E-state index contributed by atoms with van der Waals surface area (Å²) < 4.78 is 45.5. The van der Waals surface area contributed by atoms with Gasteiger partial charge in [-0.2, -0.15) is 13.2 Å². The summed E-state index contributed by atoms with van der Waals surface area (Å²) in [5, 5.41) is 1.17. The Morgan fingerprint density at radius 2 is 2.00 bits per heavy atom. The fourth-order valence-corrected chi connectivity index (χ4v) is 0.772. The normalized spacial score (nSPS) is 16.4. The Hall–Kier alpha value is -0.590. The van der Waals surface area contributed by atoms with Gasteiger partial charge in [-0.15, -0.1) is 0 Å². The molecule has 0 saturated carbocycles. The summed E-state index contributed by atoms with van der Waals surface area (Å²) in [5.41, 5.74) is 0. The average molecular weight is 217 g/mol. The van der Waals surface area contributed by atoms with Crippen LogP contribution in [0.2, 0.25) is 0 Å². The fourth-order valence-electron chi connectivity index (χ4n) is 0.454. The molecule has 0 radical (unpaired) electrons. The first-order valence-corrected chi connectivity index (χ1v) is 5.04. The molecule has 78 valence electrons. The Balaban J connectivity index is 3.91. The molecule has 0 aliphatic heterocycles. The van der Waals surface area contributed by atoms with Gasteiger partial charge in [-0.3, -0.25) is 9.00 Å². The van der Waals surface area contributed by atoms with Gasteiger partial charge in [-0.25, -0.2) is 0 Å². The van der Waals surface area contributed by atoms with Crippen LogP contribution in [0.25, 0.3) is 0 Å². The lowest BCUT2D eigenvalue weighted by molar-refractivity contribution is -0.173. The summed E-state index contributed by atoms with van der Waals surface area (Å²) in [4.78, 5) is 10.3. The monoisotopic (exact) mass is 217 g/mol. The summed E-state index contributed by atoms with van der Waals surface area (Å²) in [6.45, 7) is 1.26.